The van der Waals surface area contributed by atoms with Gasteiger partial charge >= 0.3 is 0 Å². The largest absolute Gasteiger partial charge is 0.356 e. The van der Waals surface area contributed by atoms with E-state index in [0.29, 0.717) is 5.91 Å². The molecule has 0 fully saturated rings. The Bertz CT molecular complexity index is 254. The molecular formula is C19H40N2O. The second-order valence-corrected chi connectivity index (χ2v) is 6.84. The summed E-state index contributed by atoms with van der Waals surface area (Å²) in [5.41, 5.74) is 0. The maximum absolute atomic E-state index is 12.4. The van der Waals surface area contributed by atoms with Crippen LogP contribution in [-0.4, -0.2) is 38.0 Å². The summed E-state index contributed by atoms with van der Waals surface area (Å²) in [6, 6.07) is 0. The van der Waals surface area contributed by atoms with Gasteiger partial charge in [0, 0.05) is 12.5 Å². The van der Waals surface area contributed by atoms with Crippen LogP contribution < -0.4 is 5.32 Å². The van der Waals surface area contributed by atoms with E-state index in [2.05, 4.69) is 38.2 Å². The molecule has 0 aliphatic rings. The Morgan fingerprint density at radius 2 is 1.41 bits per heavy atom. The molecule has 0 rings (SSSR count). The number of amides is 1. The number of unbranched alkanes of at least 4 members (excludes halogenated alkanes) is 6. The summed E-state index contributed by atoms with van der Waals surface area (Å²) in [6.45, 7) is 6.32. The van der Waals surface area contributed by atoms with Gasteiger partial charge in [0.25, 0.3) is 0 Å². The van der Waals surface area contributed by atoms with Crippen LogP contribution in [0.1, 0.15) is 84.5 Å². The fourth-order valence-electron chi connectivity index (χ4n) is 2.79. The number of rotatable bonds is 15. The normalized spacial score (nSPS) is 12.6. The molecule has 0 radical (unpaired) electrons. The van der Waals surface area contributed by atoms with Crippen LogP contribution >= 0.6 is 0 Å². The van der Waals surface area contributed by atoms with Crippen molar-refractivity contribution < 1.29 is 4.79 Å². The molecule has 0 spiro atoms. The van der Waals surface area contributed by atoms with Crippen molar-refractivity contribution in [3.8, 4) is 0 Å². The Morgan fingerprint density at radius 1 is 0.864 bits per heavy atom. The van der Waals surface area contributed by atoms with E-state index in [-0.39, 0.29) is 5.92 Å². The molecule has 0 aliphatic carbocycles. The van der Waals surface area contributed by atoms with Crippen LogP contribution in [0.4, 0.5) is 0 Å². The van der Waals surface area contributed by atoms with E-state index in [4.69, 9.17) is 0 Å². The van der Waals surface area contributed by atoms with Crippen molar-refractivity contribution in [1.29, 1.82) is 0 Å². The van der Waals surface area contributed by atoms with Crippen molar-refractivity contribution in [3.63, 3.8) is 0 Å². The van der Waals surface area contributed by atoms with E-state index in [1.165, 1.54) is 51.4 Å². The minimum absolute atomic E-state index is 0.243. The molecule has 1 amide bonds. The maximum Gasteiger partial charge on any atom is 0.223 e. The predicted octanol–water partition coefficient (Wildman–Crippen LogP) is 4.61. The van der Waals surface area contributed by atoms with E-state index in [1.807, 2.05) is 0 Å². The lowest BCUT2D eigenvalue weighted by Gasteiger charge is -2.17. The lowest BCUT2D eigenvalue weighted by Crippen LogP contribution is -2.32. The van der Waals surface area contributed by atoms with E-state index >= 15 is 0 Å². The smallest absolute Gasteiger partial charge is 0.223 e. The number of hydrogen-bond donors (Lipinski definition) is 1. The van der Waals surface area contributed by atoms with Gasteiger partial charge in [0.15, 0.2) is 0 Å². The Kier molecular flexibility index (Phi) is 14.9. The lowest BCUT2D eigenvalue weighted by molar-refractivity contribution is -0.125. The Balaban J connectivity index is 3.99. The zero-order valence-corrected chi connectivity index (χ0v) is 15.6. The highest BCUT2D eigenvalue weighted by atomic mass is 16.1. The Labute approximate surface area is 139 Å². The van der Waals surface area contributed by atoms with Gasteiger partial charge in [-0.2, -0.15) is 0 Å². The number of carbonyl (C=O) groups is 1. The number of hydrogen-bond acceptors (Lipinski definition) is 2. The number of nitrogens with zero attached hydrogens (tertiary/aromatic N) is 1. The Hall–Kier alpha value is -0.570. The third-order valence-electron chi connectivity index (χ3n) is 4.26. The van der Waals surface area contributed by atoms with Gasteiger partial charge in [0.2, 0.25) is 5.91 Å². The lowest BCUT2D eigenvalue weighted by atomic mass is 9.93. The van der Waals surface area contributed by atoms with E-state index in [1.54, 1.807) is 0 Å². The van der Waals surface area contributed by atoms with Gasteiger partial charge in [-0.15, -0.1) is 0 Å². The zero-order valence-electron chi connectivity index (χ0n) is 15.6. The number of nitrogens with one attached hydrogen (secondary N) is 1. The molecule has 0 heterocycles. The van der Waals surface area contributed by atoms with Crippen LogP contribution in [0.5, 0.6) is 0 Å². The van der Waals surface area contributed by atoms with Gasteiger partial charge in [-0.3, -0.25) is 4.79 Å². The standard InChI is InChI=1S/C19H40N2O/c1-5-7-9-10-12-15-18(14-11-8-6-2)19(22)20-16-13-17-21(3)4/h18H,5-17H2,1-4H3,(H,20,22). The van der Waals surface area contributed by atoms with Crippen LogP contribution in [0.25, 0.3) is 0 Å². The monoisotopic (exact) mass is 312 g/mol. The van der Waals surface area contributed by atoms with Crippen LogP contribution in [-0.2, 0) is 4.79 Å². The summed E-state index contributed by atoms with van der Waals surface area (Å²) < 4.78 is 0. The molecule has 0 aromatic heterocycles. The van der Waals surface area contributed by atoms with E-state index in [0.717, 1.165) is 32.4 Å². The van der Waals surface area contributed by atoms with Crippen LogP contribution in [0.3, 0.4) is 0 Å². The second kappa shape index (κ2) is 15.3. The highest BCUT2D eigenvalue weighted by Crippen LogP contribution is 2.18. The van der Waals surface area contributed by atoms with Gasteiger partial charge in [-0.05, 0) is 39.9 Å². The predicted molar refractivity (Wildman–Crippen MR) is 97.2 cm³/mol. The minimum Gasteiger partial charge on any atom is -0.356 e. The van der Waals surface area contributed by atoms with E-state index in [9.17, 15) is 4.79 Å². The number of carbonyl (C=O) groups excluding carboxylic acids is 1. The molecule has 1 N–H and O–H groups in total. The molecule has 3 heteroatoms. The van der Waals surface area contributed by atoms with Crippen LogP contribution in [0, 0.1) is 5.92 Å². The van der Waals surface area contributed by atoms with Crippen molar-refractivity contribution >= 4 is 5.91 Å². The minimum atomic E-state index is 0.243. The highest BCUT2D eigenvalue weighted by Gasteiger charge is 2.17. The van der Waals surface area contributed by atoms with Crippen molar-refractivity contribution in [3.05, 3.63) is 0 Å². The topological polar surface area (TPSA) is 32.3 Å². The fourth-order valence-corrected chi connectivity index (χ4v) is 2.79. The summed E-state index contributed by atoms with van der Waals surface area (Å²) in [5, 5.41) is 3.15. The zero-order chi connectivity index (χ0) is 16.6. The summed E-state index contributed by atoms with van der Waals surface area (Å²) in [7, 11) is 4.15. The molecule has 0 saturated carbocycles. The molecule has 132 valence electrons. The SMILES string of the molecule is CCCCCCCC(CCCCC)C(=O)NCCCN(C)C. The van der Waals surface area contributed by atoms with Gasteiger partial charge < -0.3 is 10.2 Å². The molecule has 0 saturated heterocycles. The average Bonchev–Trinajstić information content (AvgIpc) is 2.49. The third kappa shape index (κ3) is 13.1. The van der Waals surface area contributed by atoms with Gasteiger partial charge in [-0.25, -0.2) is 0 Å². The molecule has 1 atom stereocenters. The highest BCUT2D eigenvalue weighted by molar-refractivity contribution is 5.78. The van der Waals surface area contributed by atoms with E-state index < -0.39 is 0 Å². The second-order valence-electron chi connectivity index (χ2n) is 6.84. The fraction of sp³-hybridized carbons (Fsp3) is 0.947. The van der Waals surface area contributed by atoms with Gasteiger partial charge in [0.05, 0.1) is 0 Å². The van der Waals surface area contributed by atoms with Crippen molar-refractivity contribution in [2.24, 2.45) is 5.92 Å². The van der Waals surface area contributed by atoms with Crippen molar-refractivity contribution in [2.45, 2.75) is 84.5 Å². The van der Waals surface area contributed by atoms with Gasteiger partial charge in [0.1, 0.15) is 0 Å². The van der Waals surface area contributed by atoms with Crippen LogP contribution in [0.2, 0.25) is 0 Å². The molecule has 0 aromatic rings. The first kappa shape index (κ1) is 21.4. The first-order valence-corrected chi connectivity index (χ1v) is 9.54. The first-order chi connectivity index (χ1) is 10.6. The maximum atomic E-state index is 12.4. The van der Waals surface area contributed by atoms with Crippen molar-refractivity contribution in [2.75, 3.05) is 27.2 Å². The average molecular weight is 313 g/mol. The van der Waals surface area contributed by atoms with Gasteiger partial charge in [-0.1, -0.05) is 65.2 Å². The molecular weight excluding hydrogens is 272 g/mol. The summed E-state index contributed by atoms with van der Waals surface area (Å²) in [6.07, 6.45) is 13.3. The van der Waals surface area contributed by atoms with Crippen molar-refractivity contribution in [1.82, 2.24) is 10.2 Å². The molecule has 0 aromatic carbocycles. The summed E-state index contributed by atoms with van der Waals surface area (Å²) in [4.78, 5) is 14.5. The third-order valence-corrected chi connectivity index (χ3v) is 4.26. The molecule has 1 unspecified atom stereocenters. The Morgan fingerprint density at radius 3 is 2.00 bits per heavy atom. The molecule has 0 aliphatic heterocycles. The first-order valence-electron chi connectivity index (χ1n) is 9.54. The quantitative estimate of drug-likeness (QED) is 0.448. The summed E-state index contributed by atoms with van der Waals surface area (Å²) >= 11 is 0. The molecule has 3 nitrogen and oxygen atoms in total. The molecule has 22 heavy (non-hydrogen) atoms. The van der Waals surface area contributed by atoms with Crippen LogP contribution in [0.15, 0.2) is 0 Å². The molecule has 0 bridgehead atoms. The summed E-state index contributed by atoms with van der Waals surface area (Å²) in [5.74, 6) is 0.540.